The van der Waals surface area contributed by atoms with E-state index in [4.69, 9.17) is 4.42 Å². The Kier molecular flexibility index (Phi) is 2.45. The highest BCUT2D eigenvalue weighted by Crippen LogP contribution is 2.09. The first-order valence-corrected chi connectivity index (χ1v) is 4.49. The number of nitrogens with zero attached hydrogens (tertiary/aromatic N) is 1. The van der Waals surface area contributed by atoms with Crippen molar-refractivity contribution in [2.45, 2.75) is 6.42 Å². The number of rotatable bonds is 3. The van der Waals surface area contributed by atoms with Crippen LogP contribution in [0.15, 0.2) is 47.6 Å². The Balaban J connectivity index is 2.15. The van der Waals surface area contributed by atoms with Crippen LogP contribution in [0.3, 0.4) is 0 Å². The van der Waals surface area contributed by atoms with Gasteiger partial charge in [0.25, 0.3) is 0 Å². The van der Waals surface area contributed by atoms with Crippen LogP contribution in [0.25, 0.3) is 6.08 Å². The molecular formula is C12H11NO. The fourth-order valence-corrected chi connectivity index (χ4v) is 1.30. The Bertz CT molecular complexity index is 417. The van der Waals surface area contributed by atoms with Crippen LogP contribution in [0.5, 0.6) is 0 Å². The van der Waals surface area contributed by atoms with E-state index in [0.717, 1.165) is 12.1 Å². The predicted octanol–water partition coefficient (Wildman–Crippen LogP) is 2.91. The normalized spacial score (nSPS) is 10.0. The maximum atomic E-state index is 5.16. The Labute approximate surface area is 82.9 Å². The smallest absolute Gasteiger partial charge is 0.218 e. The second-order valence-corrected chi connectivity index (χ2v) is 3.04. The van der Waals surface area contributed by atoms with Crippen molar-refractivity contribution in [1.82, 2.24) is 4.98 Å². The van der Waals surface area contributed by atoms with Gasteiger partial charge in [0.05, 0.1) is 5.69 Å². The lowest BCUT2D eigenvalue weighted by Gasteiger charge is -1.94. The van der Waals surface area contributed by atoms with E-state index < -0.39 is 0 Å². The molecule has 0 fully saturated rings. The van der Waals surface area contributed by atoms with E-state index in [-0.39, 0.29) is 0 Å². The summed E-state index contributed by atoms with van der Waals surface area (Å²) < 4.78 is 5.16. The lowest BCUT2D eigenvalue weighted by Crippen LogP contribution is -1.87. The molecule has 0 aliphatic carbocycles. The van der Waals surface area contributed by atoms with Crippen molar-refractivity contribution in [2.24, 2.45) is 0 Å². The van der Waals surface area contributed by atoms with Gasteiger partial charge in [0, 0.05) is 6.42 Å². The molecule has 0 radical (unpaired) electrons. The molecule has 0 saturated heterocycles. The zero-order chi connectivity index (χ0) is 9.80. The van der Waals surface area contributed by atoms with Gasteiger partial charge < -0.3 is 4.42 Å². The first-order valence-electron chi connectivity index (χ1n) is 4.49. The summed E-state index contributed by atoms with van der Waals surface area (Å²) in [5.41, 5.74) is 2.17. The molecular weight excluding hydrogens is 174 g/mol. The third-order valence-electron chi connectivity index (χ3n) is 1.97. The van der Waals surface area contributed by atoms with Crippen molar-refractivity contribution < 1.29 is 4.42 Å². The van der Waals surface area contributed by atoms with Gasteiger partial charge in [0.2, 0.25) is 5.89 Å². The molecule has 1 heterocycles. The largest absolute Gasteiger partial charge is 0.445 e. The van der Waals surface area contributed by atoms with Crippen molar-refractivity contribution in [3.05, 3.63) is 60.3 Å². The Morgan fingerprint density at radius 1 is 1.29 bits per heavy atom. The molecule has 0 N–H and O–H groups in total. The highest BCUT2D eigenvalue weighted by Gasteiger charge is 2.01. The van der Waals surface area contributed by atoms with Gasteiger partial charge in [-0.05, 0) is 11.6 Å². The second kappa shape index (κ2) is 3.92. The molecule has 1 aromatic heterocycles. The summed E-state index contributed by atoms with van der Waals surface area (Å²) >= 11 is 0. The van der Waals surface area contributed by atoms with Gasteiger partial charge in [0.15, 0.2) is 0 Å². The molecule has 0 aliphatic rings. The molecule has 0 amide bonds. The summed E-state index contributed by atoms with van der Waals surface area (Å²) in [6.45, 7) is 3.60. The van der Waals surface area contributed by atoms with E-state index in [2.05, 4.69) is 23.7 Å². The summed E-state index contributed by atoms with van der Waals surface area (Å²) in [5, 5.41) is 0. The van der Waals surface area contributed by atoms with E-state index in [1.54, 1.807) is 12.3 Å². The Morgan fingerprint density at radius 3 is 2.71 bits per heavy atom. The number of aromatic nitrogens is 1. The van der Waals surface area contributed by atoms with Crippen molar-refractivity contribution in [1.29, 1.82) is 0 Å². The van der Waals surface area contributed by atoms with E-state index in [1.807, 2.05) is 18.2 Å². The van der Waals surface area contributed by atoms with Gasteiger partial charge in [-0.15, -0.1) is 0 Å². The minimum atomic E-state index is 0.580. The minimum absolute atomic E-state index is 0.580. The van der Waals surface area contributed by atoms with Gasteiger partial charge >= 0.3 is 0 Å². The zero-order valence-electron chi connectivity index (χ0n) is 7.81. The molecule has 0 saturated carbocycles. The van der Waals surface area contributed by atoms with Crippen LogP contribution in [0.4, 0.5) is 0 Å². The van der Waals surface area contributed by atoms with Crippen LogP contribution in [-0.4, -0.2) is 4.98 Å². The topological polar surface area (TPSA) is 26.0 Å². The van der Waals surface area contributed by atoms with Crippen LogP contribution < -0.4 is 0 Å². The molecule has 2 heteroatoms. The molecule has 14 heavy (non-hydrogen) atoms. The fourth-order valence-electron chi connectivity index (χ4n) is 1.30. The summed E-state index contributed by atoms with van der Waals surface area (Å²) in [6, 6.07) is 10.2. The predicted molar refractivity (Wildman–Crippen MR) is 55.8 cm³/mol. The van der Waals surface area contributed by atoms with Gasteiger partial charge in [0.1, 0.15) is 6.26 Å². The summed E-state index contributed by atoms with van der Waals surface area (Å²) in [4.78, 5) is 4.24. The first-order chi connectivity index (χ1) is 6.88. The molecule has 2 rings (SSSR count). The van der Waals surface area contributed by atoms with E-state index in [1.165, 1.54) is 5.56 Å². The standard InChI is InChI=1S/C12H11NO/c1-2-12-13-11(9-14-12)8-10-6-4-3-5-7-10/h2-7,9H,1,8H2. The summed E-state index contributed by atoms with van der Waals surface area (Å²) in [6.07, 6.45) is 4.08. The average molecular weight is 185 g/mol. The molecule has 0 atom stereocenters. The van der Waals surface area contributed by atoms with Gasteiger partial charge in [-0.3, -0.25) is 0 Å². The van der Waals surface area contributed by atoms with E-state index in [9.17, 15) is 0 Å². The van der Waals surface area contributed by atoms with Crippen LogP contribution >= 0.6 is 0 Å². The van der Waals surface area contributed by atoms with Crippen LogP contribution in [0.2, 0.25) is 0 Å². The van der Waals surface area contributed by atoms with E-state index >= 15 is 0 Å². The summed E-state index contributed by atoms with van der Waals surface area (Å²) in [7, 11) is 0. The molecule has 2 aromatic rings. The Hall–Kier alpha value is -1.83. The molecule has 0 unspecified atom stereocenters. The lowest BCUT2D eigenvalue weighted by molar-refractivity contribution is 0.545. The van der Waals surface area contributed by atoms with Crippen molar-refractivity contribution >= 4 is 6.08 Å². The Morgan fingerprint density at radius 2 is 2.07 bits per heavy atom. The molecule has 0 spiro atoms. The van der Waals surface area contributed by atoms with Crippen LogP contribution in [0.1, 0.15) is 17.1 Å². The minimum Gasteiger partial charge on any atom is -0.445 e. The second-order valence-electron chi connectivity index (χ2n) is 3.04. The van der Waals surface area contributed by atoms with Crippen molar-refractivity contribution in [2.75, 3.05) is 0 Å². The third-order valence-corrected chi connectivity index (χ3v) is 1.97. The molecule has 0 aliphatic heterocycles. The molecule has 0 bridgehead atoms. The quantitative estimate of drug-likeness (QED) is 0.734. The maximum Gasteiger partial charge on any atom is 0.218 e. The van der Waals surface area contributed by atoms with Gasteiger partial charge in [-0.2, -0.15) is 0 Å². The monoisotopic (exact) mass is 185 g/mol. The highest BCUT2D eigenvalue weighted by molar-refractivity contribution is 5.34. The van der Waals surface area contributed by atoms with Gasteiger partial charge in [-0.25, -0.2) is 4.98 Å². The van der Waals surface area contributed by atoms with Crippen LogP contribution in [0, 0.1) is 0 Å². The lowest BCUT2D eigenvalue weighted by atomic mass is 10.1. The molecule has 70 valence electrons. The first kappa shape index (κ1) is 8.75. The zero-order valence-corrected chi connectivity index (χ0v) is 7.81. The highest BCUT2D eigenvalue weighted by atomic mass is 16.3. The summed E-state index contributed by atoms with van der Waals surface area (Å²) in [5.74, 6) is 0.580. The third kappa shape index (κ3) is 1.91. The number of benzene rings is 1. The SMILES string of the molecule is C=Cc1nc(Cc2ccccc2)co1. The number of hydrogen-bond donors (Lipinski definition) is 0. The van der Waals surface area contributed by atoms with E-state index in [0.29, 0.717) is 5.89 Å². The number of oxazole rings is 1. The molecule has 1 aromatic carbocycles. The van der Waals surface area contributed by atoms with Crippen LogP contribution in [-0.2, 0) is 6.42 Å². The maximum absolute atomic E-state index is 5.16. The average Bonchev–Trinajstić information content (AvgIpc) is 2.67. The van der Waals surface area contributed by atoms with Crippen molar-refractivity contribution in [3.63, 3.8) is 0 Å². The number of hydrogen-bond acceptors (Lipinski definition) is 2. The van der Waals surface area contributed by atoms with Gasteiger partial charge in [-0.1, -0.05) is 36.9 Å². The molecule has 2 nitrogen and oxygen atoms in total. The fraction of sp³-hybridized carbons (Fsp3) is 0.0833. The van der Waals surface area contributed by atoms with Crippen molar-refractivity contribution in [3.8, 4) is 0 Å².